The van der Waals surface area contributed by atoms with Crippen molar-refractivity contribution in [2.24, 2.45) is 0 Å². The summed E-state index contributed by atoms with van der Waals surface area (Å²) in [5.41, 5.74) is 1.88. The average molecular weight is 308 g/mol. The van der Waals surface area contributed by atoms with Crippen LogP contribution in [0.15, 0.2) is 53.0 Å². The molecule has 2 aromatic carbocycles. The molecule has 3 heteroatoms. The lowest BCUT2D eigenvalue weighted by molar-refractivity contribution is 0.554. The third kappa shape index (κ3) is 3.18. The van der Waals surface area contributed by atoms with Gasteiger partial charge in [0.05, 0.1) is 0 Å². The zero-order valence-electron chi connectivity index (χ0n) is 10.2. The van der Waals surface area contributed by atoms with Gasteiger partial charge < -0.3 is 5.32 Å². The third-order valence-electron chi connectivity index (χ3n) is 2.98. The van der Waals surface area contributed by atoms with Crippen LogP contribution >= 0.6 is 15.9 Å². The molecule has 18 heavy (non-hydrogen) atoms. The Kier molecular flexibility index (Phi) is 4.50. The van der Waals surface area contributed by atoms with Crippen molar-refractivity contribution in [2.45, 2.75) is 12.5 Å². The lowest BCUT2D eigenvalue weighted by Gasteiger charge is -2.17. The number of benzene rings is 2. The van der Waals surface area contributed by atoms with Crippen molar-refractivity contribution in [1.29, 1.82) is 0 Å². The van der Waals surface area contributed by atoms with Gasteiger partial charge in [-0.15, -0.1) is 0 Å². The van der Waals surface area contributed by atoms with Gasteiger partial charge in [0.25, 0.3) is 0 Å². The molecule has 1 N–H and O–H groups in total. The summed E-state index contributed by atoms with van der Waals surface area (Å²) in [6, 6.07) is 15.3. The summed E-state index contributed by atoms with van der Waals surface area (Å²) in [7, 11) is 1.90. The number of nitrogens with one attached hydrogen (secondary N) is 1. The van der Waals surface area contributed by atoms with Crippen molar-refractivity contribution in [3.8, 4) is 0 Å². The summed E-state index contributed by atoms with van der Waals surface area (Å²) in [6.45, 7) is 0. The second-order valence-electron chi connectivity index (χ2n) is 4.19. The van der Waals surface area contributed by atoms with Crippen molar-refractivity contribution in [2.75, 3.05) is 7.05 Å². The average Bonchev–Trinajstić information content (AvgIpc) is 2.41. The van der Waals surface area contributed by atoms with E-state index in [1.165, 1.54) is 11.6 Å². The summed E-state index contributed by atoms with van der Waals surface area (Å²) in [4.78, 5) is 0. The second kappa shape index (κ2) is 6.12. The van der Waals surface area contributed by atoms with E-state index in [0.717, 1.165) is 4.47 Å². The van der Waals surface area contributed by atoms with Crippen molar-refractivity contribution < 1.29 is 4.39 Å². The maximum atomic E-state index is 13.7. The summed E-state index contributed by atoms with van der Waals surface area (Å²) >= 11 is 3.38. The van der Waals surface area contributed by atoms with Crippen molar-refractivity contribution in [3.05, 3.63) is 69.9 Å². The summed E-state index contributed by atoms with van der Waals surface area (Å²) < 4.78 is 14.6. The molecule has 0 aliphatic heterocycles. The van der Waals surface area contributed by atoms with Crippen LogP contribution in [0, 0.1) is 5.82 Å². The molecule has 0 bridgehead atoms. The van der Waals surface area contributed by atoms with Crippen LogP contribution in [0.25, 0.3) is 0 Å². The quantitative estimate of drug-likeness (QED) is 0.897. The van der Waals surface area contributed by atoms with Crippen LogP contribution in [0.1, 0.15) is 17.2 Å². The minimum atomic E-state index is -0.158. The van der Waals surface area contributed by atoms with Crippen LogP contribution in [0.5, 0.6) is 0 Å². The molecule has 1 unspecified atom stereocenters. The van der Waals surface area contributed by atoms with E-state index in [-0.39, 0.29) is 11.9 Å². The third-order valence-corrected chi connectivity index (χ3v) is 3.48. The van der Waals surface area contributed by atoms with Crippen LogP contribution in [0.3, 0.4) is 0 Å². The molecule has 1 atom stereocenters. The smallest absolute Gasteiger partial charge is 0.126 e. The standard InChI is InChI=1S/C15H15BrFN/c1-18-15(11-5-3-2-4-6-11)10-12-9-13(16)7-8-14(12)17/h2-9,15,18H,10H2,1H3. The second-order valence-corrected chi connectivity index (χ2v) is 5.11. The highest BCUT2D eigenvalue weighted by molar-refractivity contribution is 9.10. The first kappa shape index (κ1) is 13.2. The van der Waals surface area contributed by atoms with Crippen molar-refractivity contribution in [1.82, 2.24) is 5.32 Å². The molecule has 2 rings (SSSR count). The molecular formula is C15H15BrFN. The van der Waals surface area contributed by atoms with E-state index in [0.29, 0.717) is 12.0 Å². The predicted octanol–water partition coefficient (Wildman–Crippen LogP) is 4.09. The van der Waals surface area contributed by atoms with Gasteiger partial charge in [-0.05, 0) is 42.8 Å². The zero-order valence-corrected chi connectivity index (χ0v) is 11.7. The molecule has 0 aromatic heterocycles. The maximum absolute atomic E-state index is 13.7. The highest BCUT2D eigenvalue weighted by atomic mass is 79.9. The van der Waals surface area contributed by atoms with Gasteiger partial charge in [0.2, 0.25) is 0 Å². The first-order chi connectivity index (χ1) is 8.70. The molecule has 0 saturated carbocycles. The van der Waals surface area contributed by atoms with Gasteiger partial charge in [0.15, 0.2) is 0 Å². The van der Waals surface area contributed by atoms with Gasteiger partial charge in [-0.2, -0.15) is 0 Å². The highest BCUT2D eigenvalue weighted by Crippen LogP contribution is 2.22. The van der Waals surface area contributed by atoms with E-state index in [1.807, 2.05) is 31.3 Å². The van der Waals surface area contributed by atoms with Crippen LogP contribution < -0.4 is 5.32 Å². The Morgan fingerprint density at radius 2 is 1.89 bits per heavy atom. The fourth-order valence-electron chi connectivity index (χ4n) is 1.99. The molecular weight excluding hydrogens is 293 g/mol. The summed E-state index contributed by atoms with van der Waals surface area (Å²) in [6.07, 6.45) is 0.631. The van der Waals surface area contributed by atoms with E-state index >= 15 is 0 Å². The maximum Gasteiger partial charge on any atom is 0.126 e. The predicted molar refractivity (Wildman–Crippen MR) is 76.0 cm³/mol. The number of rotatable bonds is 4. The summed E-state index contributed by atoms with van der Waals surface area (Å²) in [5.74, 6) is -0.158. The number of hydrogen-bond donors (Lipinski definition) is 1. The van der Waals surface area contributed by atoms with Crippen LogP contribution in [-0.4, -0.2) is 7.05 Å². The van der Waals surface area contributed by atoms with E-state index in [1.54, 1.807) is 6.07 Å². The number of halogens is 2. The normalized spacial score (nSPS) is 12.4. The van der Waals surface area contributed by atoms with Gasteiger partial charge in [-0.1, -0.05) is 46.3 Å². The first-order valence-electron chi connectivity index (χ1n) is 5.87. The Labute approximate surface area is 115 Å². The minimum absolute atomic E-state index is 0.120. The van der Waals surface area contributed by atoms with Crippen LogP contribution in [0.4, 0.5) is 4.39 Å². The fraction of sp³-hybridized carbons (Fsp3) is 0.200. The monoisotopic (exact) mass is 307 g/mol. The Morgan fingerprint density at radius 3 is 2.56 bits per heavy atom. The molecule has 0 saturated heterocycles. The molecule has 0 amide bonds. The SMILES string of the molecule is CNC(Cc1cc(Br)ccc1F)c1ccccc1. The lowest BCUT2D eigenvalue weighted by Crippen LogP contribution is -2.19. The first-order valence-corrected chi connectivity index (χ1v) is 6.66. The molecule has 0 heterocycles. The minimum Gasteiger partial charge on any atom is -0.313 e. The lowest BCUT2D eigenvalue weighted by atomic mass is 9.99. The van der Waals surface area contributed by atoms with Crippen LogP contribution in [0.2, 0.25) is 0 Å². The Bertz CT molecular complexity index is 513. The Hall–Kier alpha value is -1.19. The van der Waals surface area contributed by atoms with Crippen LogP contribution in [-0.2, 0) is 6.42 Å². The van der Waals surface area contributed by atoms with Gasteiger partial charge in [-0.25, -0.2) is 4.39 Å². The summed E-state index contributed by atoms with van der Waals surface area (Å²) in [5, 5.41) is 3.23. The van der Waals surface area contributed by atoms with Gasteiger partial charge in [0, 0.05) is 10.5 Å². The molecule has 1 nitrogen and oxygen atoms in total. The number of likely N-dealkylation sites (N-methyl/N-ethyl adjacent to an activating group) is 1. The van der Waals surface area contributed by atoms with E-state index < -0.39 is 0 Å². The topological polar surface area (TPSA) is 12.0 Å². The van der Waals surface area contributed by atoms with Crippen molar-refractivity contribution >= 4 is 15.9 Å². The molecule has 0 fully saturated rings. The highest BCUT2D eigenvalue weighted by Gasteiger charge is 2.12. The van der Waals surface area contributed by atoms with Gasteiger partial charge in [-0.3, -0.25) is 0 Å². The van der Waals surface area contributed by atoms with E-state index in [2.05, 4.69) is 33.4 Å². The Morgan fingerprint density at radius 1 is 1.17 bits per heavy atom. The number of hydrogen-bond acceptors (Lipinski definition) is 1. The largest absolute Gasteiger partial charge is 0.313 e. The zero-order chi connectivity index (χ0) is 13.0. The fourth-order valence-corrected chi connectivity index (χ4v) is 2.40. The molecule has 0 radical (unpaired) electrons. The molecule has 2 aromatic rings. The molecule has 0 aliphatic rings. The van der Waals surface area contributed by atoms with E-state index in [4.69, 9.17) is 0 Å². The van der Waals surface area contributed by atoms with Gasteiger partial charge >= 0.3 is 0 Å². The molecule has 0 aliphatic carbocycles. The van der Waals surface area contributed by atoms with E-state index in [9.17, 15) is 4.39 Å². The van der Waals surface area contributed by atoms with Gasteiger partial charge in [0.1, 0.15) is 5.82 Å². The Balaban J connectivity index is 2.23. The molecule has 0 spiro atoms. The molecule has 94 valence electrons. The van der Waals surface area contributed by atoms with Crippen molar-refractivity contribution in [3.63, 3.8) is 0 Å².